The van der Waals surface area contributed by atoms with Crippen molar-refractivity contribution in [2.75, 3.05) is 10.6 Å². The Labute approximate surface area is 128 Å². The van der Waals surface area contributed by atoms with E-state index in [-0.39, 0.29) is 6.03 Å². The average Bonchev–Trinajstić information content (AvgIpc) is 2.97. The molecule has 1 aromatic heterocycles. The van der Waals surface area contributed by atoms with E-state index in [1.807, 2.05) is 43.3 Å². The van der Waals surface area contributed by atoms with Gasteiger partial charge in [-0.05, 0) is 42.7 Å². The lowest BCUT2D eigenvalue weighted by atomic mass is 10.1. The lowest BCUT2D eigenvalue weighted by Gasteiger charge is -2.13. The Balaban J connectivity index is 1.77. The van der Waals surface area contributed by atoms with Crippen molar-refractivity contribution >= 4 is 28.4 Å². The highest BCUT2D eigenvalue weighted by atomic mass is 16.2. The second kappa shape index (κ2) is 5.89. The van der Waals surface area contributed by atoms with Crippen LogP contribution in [0, 0.1) is 6.92 Å². The summed E-state index contributed by atoms with van der Waals surface area (Å²) in [4.78, 5) is 19.4. The Bertz CT molecular complexity index is 822. The Morgan fingerprint density at radius 2 is 2.09 bits per heavy atom. The van der Waals surface area contributed by atoms with Gasteiger partial charge in [0.05, 0.1) is 17.4 Å². The Morgan fingerprint density at radius 1 is 1.23 bits per heavy atom. The van der Waals surface area contributed by atoms with Crippen LogP contribution in [0.4, 0.5) is 16.2 Å². The minimum Gasteiger partial charge on any atom is -0.345 e. The number of aromatic nitrogens is 2. The molecule has 0 saturated heterocycles. The summed E-state index contributed by atoms with van der Waals surface area (Å²) in [6, 6.07) is 11.3. The number of amides is 2. The van der Waals surface area contributed by atoms with Crippen molar-refractivity contribution in [2.45, 2.75) is 20.3 Å². The number of benzene rings is 2. The molecule has 3 rings (SSSR count). The predicted molar refractivity (Wildman–Crippen MR) is 89.3 cm³/mol. The molecule has 0 fully saturated rings. The summed E-state index contributed by atoms with van der Waals surface area (Å²) in [5.74, 6) is 0. The highest BCUT2D eigenvalue weighted by molar-refractivity contribution is 6.01. The molecule has 0 aliphatic carbocycles. The maximum atomic E-state index is 12.2. The van der Waals surface area contributed by atoms with Crippen LogP contribution in [-0.2, 0) is 6.42 Å². The molecule has 22 heavy (non-hydrogen) atoms. The fourth-order valence-electron chi connectivity index (χ4n) is 2.49. The molecule has 0 aliphatic rings. The molecule has 1 heterocycles. The zero-order chi connectivity index (χ0) is 15.5. The second-order valence-electron chi connectivity index (χ2n) is 5.18. The third-order valence-electron chi connectivity index (χ3n) is 3.66. The van der Waals surface area contributed by atoms with E-state index in [4.69, 9.17) is 0 Å². The van der Waals surface area contributed by atoms with Crippen LogP contribution in [0.3, 0.4) is 0 Å². The minimum atomic E-state index is -0.247. The van der Waals surface area contributed by atoms with Crippen LogP contribution < -0.4 is 10.6 Å². The van der Waals surface area contributed by atoms with Crippen LogP contribution >= 0.6 is 0 Å². The molecule has 3 N–H and O–H groups in total. The van der Waals surface area contributed by atoms with E-state index in [2.05, 4.69) is 27.5 Å². The molecule has 112 valence electrons. The predicted octanol–water partition coefficient (Wildman–Crippen LogP) is 4.08. The summed E-state index contributed by atoms with van der Waals surface area (Å²) in [7, 11) is 0. The number of aromatic amines is 1. The third-order valence-corrected chi connectivity index (χ3v) is 3.66. The third kappa shape index (κ3) is 2.79. The largest absolute Gasteiger partial charge is 0.345 e. The zero-order valence-electron chi connectivity index (χ0n) is 12.6. The number of rotatable bonds is 3. The zero-order valence-corrected chi connectivity index (χ0v) is 12.6. The standard InChI is InChI=1S/C17H18N4O/c1-3-12-6-4-5-11(2)16(12)21-17(22)20-13-7-8-14-15(9-13)19-10-18-14/h4-10H,3H2,1-2H3,(H,18,19)(H2,20,21,22). The van der Waals surface area contributed by atoms with Gasteiger partial charge in [-0.15, -0.1) is 0 Å². The molecule has 0 atom stereocenters. The van der Waals surface area contributed by atoms with Gasteiger partial charge in [0.2, 0.25) is 0 Å². The van der Waals surface area contributed by atoms with Crippen molar-refractivity contribution < 1.29 is 4.79 Å². The molecular weight excluding hydrogens is 276 g/mol. The van der Waals surface area contributed by atoms with Gasteiger partial charge >= 0.3 is 6.03 Å². The first-order chi connectivity index (χ1) is 10.7. The Hall–Kier alpha value is -2.82. The van der Waals surface area contributed by atoms with Gasteiger partial charge in [0.15, 0.2) is 0 Å². The maximum absolute atomic E-state index is 12.2. The van der Waals surface area contributed by atoms with Gasteiger partial charge in [-0.25, -0.2) is 9.78 Å². The highest BCUT2D eigenvalue weighted by Gasteiger charge is 2.09. The number of anilines is 2. The van der Waals surface area contributed by atoms with Crippen molar-refractivity contribution in [3.05, 3.63) is 53.9 Å². The van der Waals surface area contributed by atoms with Gasteiger partial charge in [0.1, 0.15) is 0 Å². The molecular formula is C17H18N4O. The van der Waals surface area contributed by atoms with Crippen LogP contribution in [-0.4, -0.2) is 16.0 Å². The SMILES string of the molecule is CCc1cccc(C)c1NC(=O)Nc1ccc2nc[nH]c2c1. The summed E-state index contributed by atoms with van der Waals surface area (Å²) < 4.78 is 0. The van der Waals surface area contributed by atoms with Gasteiger partial charge in [-0.1, -0.05) is 25.1 Å². The number of imidazole rings is 1. The van der Waals surface area contributed by atoms with Crippen molar-refractivity contribution in [3.8, 4) is 0 Å². The quantitative estimate of drug-likeness (QED) is 0.681. The molecule has 5 heteroatoms. The summed E-state index contributed by atoms with van der Waals surface area (Å²) >= 11 is 0. The first-order valence-electron chi connectivity index (χ1n) is 7.27. The number of carbonyl (C=O) groups is 1. The molecule has 0 unspecified atom stereocenters. The summed E-state index contributed by atoms with van der Waals surface area (Å²) in [6.07, 6.45) is 2.51. The number of para-hydroxylation sites is 1. The van der Waals surface area contributed by atoms with Gasteiger partial charge in [0.25, 0.3) is 0 Å². The van der Waals surface area contributed by atoms with Gasteiger partial charge in [-0.2, -0.15) is 0 Å². The average molecular weight is 294 g/mol. The number of H-pyrrole nitrogens is 1. The number of hydrogen-bond donors (Lipinski definition) is 3. The molecule has 0 aliphatic heterocycles. The summed E-state index contributed by atoms with van der Waals surface area (Å²) in [6.45, 7) is 4.06. The molecule has 0 bridgehead atoms. The lowest BCUT2D eigenvalue weighted by molar-refractivity contribution is 0.262. The van der Waals surface area contributed by atoms with E-state index in [0.29, 0.717) is 0 Å². The second-order valence-corrected chi connectivity index (χ2v) is 5.18. The van der Waals surface area contributed by atoms with Crippen LogP contribution in [0.5, 0.6) is 0 Å². The first kappa shape index (κ1) is 14.1. The highest BCUT2D eigenvalue weighted by Crippen LogP contribution is 2.22. The monoisotopic (exact) mass is 294 g/mol. The van der Waals surface area contributed by atoms with E-state index in [1.165, 1.54) is 0 Å². The number of hydrogen-bond acceptors (Lipinski definition) is 2. The number of nitrogens with zero attached hydrogens (tertiary/aromatic N) is 1. The number of urea groups is 1. The van der Waals surface area contributed by atoms with Crippen LogP contribution in [0.15, 0.2) is 42.7 Å². The van der Waals surface area contributed by atoms with Gasteiger partial charge < -0.3 is 15.6 Å². The van der Waals surface area contributed by atoms with Crippen LogP contribution in [0.2, 0.25) is 0 Å². The normalized spacial score (nSPS) is 10.6. The maximum Gasteiger partial charge on any atom is 0.323 e. The fraction of sp³-hybridized carbons (Fsp3) is 0.176. The number of aryl methyl sites for hydroxylation is 2. The van der Waals surface area contributed by atoms with Crippen molar-refractivity contribution in [3.63, 3.8) is 0 Å². The molecule has 2 aromatic carbocycles. The first-order valence-corrected chi connectivity index (χ1v) is 7.27. The van der Waals surface area contributed by atoms with Gasteiger partial charge in [0, 0.05) is 11.4 Å². The Morgan fingerprint density at radius 3 is 2.91 bits per heavy atom. The van der Waals surface area contributed by atoms with Crippen LogP contribution in [0.1, 0.15) is 18.1 Å². The molecule has 2 amide bonds. The molecule has 3 aromatic rings. The summed E-state index contributed by atoms with van der Waals surface area (Å²) in [5, 5.41) is 5.80. The van der Waals surface area contributed by atoms with E-state index in [1.54, 1.807) is 6.33 Å². The number of fused-ring (bicyclic) bond motifs is 1. The van der Waals surface area contributed by atoms with Crippen molar-refractivity contribution in [2.24, 2.45) is 0 Å². The van der Waals surface area contributed by atoms with Crippen molar-refractivity contribution in [1.29, 1.82) is 0 Å². The van der Waals surface area contributed by atoms with E-state index in [9.17, 15) is 4.79 Å². The number of carbonyl (C=O) groups excluding carboxylic acids is 1. The molecule has 0 radical (unpaired) electrons. The topological polar surface area (TPSA) is 69.8 Å². The minimum absolute atomic E-state index is 0.247. The lowest BCUT2D eigenvalue weighted by Crippen LogP contribution is -2.20. The molecule has 5 nitrogen and oxygen atoms in total. The Kier molecular flexibility index (Phi) is 3.78. The van der Waals surface area contributed by atoms with E-state index >= 15 is 0 Å². The fourth-order valence-corrected chi connectivity index (χ4v) is 2.49. The van der Waals surface area contributed by atoms with Crippen molar-refractivity contribution in [1.82, 2.24) is 9.97 Å². The molecule has 0 spiro atoms. The van der Waals surface area contributed by atoms with Gasteiger partial charge in [-0.3, -0.25) is 0 Å². The smallest absolute Gasteiger partial charge is 0.323 e. The van der Waals surface area contributed by atoms with E-state index < -0.39 is 0 Å². The number of nitrogens with one attached hydrogen (secondary N) is 3. The molecule has 0 saturated carbocycles. The summed E-state index contributed by atoms with van der Waals surface area (Å²) in [5.41, 5.74) is 5.55. The van der Waals surface area contributed by atoms with E-state index in [0.717, 1.165) is 40.0 Å². The van der Waals surface area contributed by atoms with Crippen LogP contribution in [0.25, 0.3) is 11.0 Å².